The minimum Gasteiger partial charge on any atom is -0.466 e. The topological polar surface area (TPSA) is 62.6 Å². The van der Waals surface area contributed by atoms with E-state index in [9.17, 15) is 9.59 Å². The molecule has 1 aromatic heterocycles. The van der Waals surface area contributed by atoms with Crippen LogP contribution in [0.25, 0.3) is 0 Å². The minimum atomic E-state index is -0.0413. The maximum Gasteiger partial charge on any atom is 0.257 e. The van der Waals surface area contributed by atoms with Crippen LogP contribution in [0.15, 0.2) is 10.5 Å². The number of hydrogen-bond donors (Lipinski definition) is 1. The Morgan fingerprint density at radius 3 is 2.48 bits per heavy atom. The van der Waals surface area contributed by atoms with E-state index in [1.165, 1.54) is 0 Å². The van der Waals surface area contributed by atoms with Gasteiger partial charge in [-0.15, -0.1) is 0 Å². The second-order valence-electron chi connectivity index (χ2n) is 7.11. The highest BCUT2D eigenvalue weighted by Crippen LogP contribution is 2.17. The number of nitrogens with one attached hydrogen (secondary N) is 1. The molecule has 25 heavy (non-hydrogen) atoms. The maximum atomic E-state index is 12.8. The number of nitrogens with zero attached hydrogens (tertiary/aromatic N) is 1. The summed E-state index contributed by atoms with van der Waals surface area (Å²) in [6.07, 6.45) is 4.44. The van der Waals surface area contributed by atoms with Crippen molar-refractivity contribution in [2.24, 2.45) is 5.92 Å². The molecule has 142 valence electrons. The standard InChI is InChI=1S/C20H34N2O3/c1-6-7-8-12-22(13-10-19(23)21-11-9-15(2)3)20(24)18-14-16(4)25-17(18)5/h14-15H,6-13H2,1-5H3,(H,21,23). The van der Waals surface area contributed by atoms with Crippen LogP contribution in [0.2, 0.25) is 0 Å². The quantitative estimate of drug-likeness (QED) is 0.612. The lowest BCUT2D eigenvalue weighted by molar-refractivity contribution is -0.121. The third-order valence-corrected chi connectivity index (χ3v) is 4.24. The van der Waals surface area contributed by atoms with Crippen molar-refractivity contribution in [3.63, 3.8) is 0 Å². The number of carbonyl (C=O) groups is 2. The Kier molecular flexibility index (Phi) is 9.32. The van der Waals surface area contributed by atoms with Gasteiger partial charge in [0.15, 0.2) is 0 Å². The molecule has 0 aliphatic carbocycles. The summed E-state index contributed by atoms with van der Waals surface area (Å²) in [6.45, 7) is 11.9. The van der Waals surface area contributed by atoms with Crippen LogP contribution in [0.1, 0.15) is 74.8 Å². The first kappa shape index (κ1) is 21.3. The molecule has 1 aromatic rings. The fourth-order valence-corrected chi connectivity index (χ4v) is 2.71. The van der Waals surface area contributed by atoms with Crippen molar-refractivity contribution in [2.45, 2.75) is 66.7 Å². The monoisotopic (exact) mass is 350 g/mol. The van der Waals surface area contributed by atoms with Crippen LogP contribution in [0.3, 0.4) is 0 Å². The van der Waals surface area contributed by atoms with E-state index in [0.29, 0.717) is 43.3 Å². The molecule has 0 bridgehead atoms. The molecule has 1 N–H and O–H groups in total. The molecule has 0 spiro atoms. The molecule has 0 aliphatic rings. The number of aryl methyl sites for hydroxylation is 2. The summed E-state index contributed by atoms with van der Waals surface area (Å²) in [5, 5.41) is 2.94. The molecule has 1 heterocycles. The summed E-state index contributed by atoms with van der Waals surface area (Å²) in [6, 6.07) is 1.78. The molecule has 0 aromatic carbocycles. The highest BCUT2D eigenvalue weighted by atomic mass is 16.3. The van der Waals surface area contributed by atoms with Gasteiger partial charge in [0.25, 0.3) is 5.91 Å². The van der Waals surface area contributed by atoms with Crippen LogP contribution in [0.5, 0.6) is 0 Å². The molecule has 5 heteroatoms. The lowest BCUT2D eigenvalue weighted by Gasteiger charge is -2.22. The van der Waals surface area contributed by atoms with Gasteiger partial charge in [-0.2, -0.15) is 0 Å². The van der Waals surface area contributed by atoms with Gasteiger partial charge in [-0.25, -0.2) is 0 Å². The summed E-state index contributed by atoms with van der Waals surface area (Å²) >= 11 is 0. The van der Waals surface area contributed by atoms with Gasteiger partial charge in [0, 0.05) is 26.1 Å². The molecule has 0 fully saturated rings. The number of furan rings is 1. The highest BCUT2D eigenvalue weighted by Gasteiger charge is 2.20. The van der Waals surface area contributed by atoms with E-state index < -0.39 is 0 Å². The lowest BCUT2D eigenvalue weighted by atomic mass is 10.1. The van der Waals surface area contributed by atoms with Crippen molar-refractivity contribution in [3.05, 3.63) is 23.2 Å². The van der Waals surface area contributed by atoms with Crippen molar-refractivity contribution in [1.82, 2.24) is 10.2 Å². The van der Waals surface area contributed by atoms with Gasteiger partial charge in [0.2, 0.25) is 5.91 Å². The number of carbonyl (C=O) groups excluding carboxylic acids is 2. The first-order chi connectivity index (χ1) is 11.8. The lowest BCUT2D eigenvalue weighted by Crippen LogP contribution is -2.36. The summed E-state index contributed by atoms with van der Waals surface area (Å²) < 4.78 is 5.49. The predicted molar refractivity (Wildman–Crippen MR) is 101 cm³/mol. The van der Waals surface area contributed by atoms with Crippen LogP contribution in [-0.2, 0) is 4.79 Å². The first-order valence-electron chi connectivity index (χ1n) is 9.48. The second-order valence-corrected chi connectivity index (χ2v) is 7.11. The summed E-state index contributed by atoms with van der Waals surface area (Å²) in [7, 11) is 0. The van der Waals surface area contributed by atoms with E-state index >= 15 is 0 Å². The molecule has 2 amide bonds. The van der Waals surface area contributed by atoms with Crippen LogP contribution < -0.4 is 5.32 Å². The number of rotatable bonds is 11. The average molecular weight is 351 g/mol. The zero-order valence-corrected chi connectivity index (χ0v) is 16.5. The van der Waals surface area contributed by atoms with Crippen molar-refractivity contribution in [2.75, 3.05) is 19.6 Å². The third kappa shape index (κ3) is 7.76. The van der Waals surface area contributed by atoms with Crippen LogP contribution in [0.4, 0.5) is 0 Å². The van der Waals surface area contributed by atoms with Gasteiger partial charge in [0.1, 0.15) is 11.5 Å². The van der Waals surface area contributed by atoms with E-state index in [2.05, 4.69) is 26.1 Å². The Hall–Kier alpha value is -1.78. The van der Waals surface area contributed by atoms with Crippen LogP contribution in [-0.4, -0.2) is 36.3 Å². The SMILES string of the molecule is CCCCCN(CCC(=O)NCCC(C)C)C(=O)c1cc(C)oc1C. The molecule has 0 unspecified atom stereocenters. The molecule has 0 radical (unpaired) electrons. The zero-order chi connectivity index (χ0) is 18.8. The molecular weight excluding hydrogens is 316 g/mol. The van der Waals surface area contributed by atoms with Crippen LogP contribution >= 0.6 is 0 Å². The molecule has 5 nitrogen and oxygen atoms in total. The minimum absolute atomic E-state index is 0.00837. The second kappa shape index (κ2) is 11.0. The third-order valence-electron chi connectivity index (χ3n) is 4.24. The summed E-state index contributed by atoms with van der Waals surface area (Å²) in [4.78, 5) is 26.6. The maximum absolute atomic E-state index is 12.8. The molecule has 0 aliphatic heterocycles. The normalized spacial score (nSPS) is 11.0. The summed E-state index contributed by atoms with van der Waals surface area (Å²) in [5.74, 6) is 1.92. The molecule has 0 saturated heterocycles. The van der Waals surface area contributed by atoms with Gasteiger partial charge in [-0.3, -0.25) is 9.59 Å². The smallest absolute Gasteiger partial charge is 0.257 e. The summed E-state index contributed by atoms with van der Waals surface area (Å²) in [5.41, 5.74) is 0.606. The highest BCUT2D eigenvalue weighted by molar-refractivity contribution is 5.95. The van der Waals surface area contributed by atoms with E-state index in [0.717, 1.165) is 31.4 Å². The first-order valence-corrected chi connectivity index (χ1v) is 9.48. The van der Waals surface area contributed by atoms with Gasteiger partial charge in [-0.05, 0) is 38.7 Å². The number of unbranched alkanes of at least 4 members (excludes halogenated alkanes) is 2. The Morgan fingerprint density at radius 1 is 1.20 bits per heavy atom. The molecule has 0 saturated carbocycles. The van der Waals surface area contributed by atoms with Gasteiger partial charge < -0.3 is 14.6 Å². The fourth-order valence-electron chi connectivity index (χ4n) is 2.71. The van der Waals surface area contributed by atoms with Gasteiger partial charge in [0.05, 0.1) is 5.56 Å². The number of hydrogen-bond acceptors (Lipinski definition) is 3. The van der Waals surface area contributed by atoms with E-state index in [1.807, 2.05) is 13.8 Å². The van der Waals surface area contributed by atoms with Crippen molar-refractivity contribution in [3.8, 4) is 0 Å². The Morgan fingerprint density at radius 2 is 1.92 bits per heavy atom. The van der Waals surface area contributed by atoms with Crippen molar-refractivity contribution >= 4 is 11.8 Å². The van der Waals surface area contributed by atoms with E-state index in [-0.39, 0.29) is 11.8 Å². The Balaban J connectivity index is 2.62. The Bertz CT molecular complexity index is 549. The number of amides is 2. The van der Waals surface area contributed by atoms with Crippen molar-refractivity contribution in [1.29, 1.82) is 0 Å². The van der Waals surface area contributed by atoms with E-state index in [1.54, 1.807) is 11.0 Å². The predicted octanol–water partition coefficient (Wildman–Crippen LogP) is 4.08. The molecule has 0 atom stereocenters. The zero-order valence-electron chi connectivity index (χ0n) is 16.5. The van der Waals surface area contributed by atoms with Gasteiger partial charge in [-0.1, -0.05) is 33.6 Å². The fraction of sp³-hybridized carbons (Fsp3) is 0.700. The molecular formula is C20H34N2O3. The van der Waals surface area contributed by atoms with Crippen molar-refractivity contribution < 1.29 is 14.0 Å². The largest absolute Gasteiger partial charge is 0.466 e. The van der Waals surface area contributed by atoms with E-state index in [4.69, 9.17) is 4.42 Å². The average Bonchev–Trinajstić information content (AvgIpc) is 2.88. The van der Waals surface area contributed by atoms with Gasteiger partial charge >= 0.3 is 0 Å². The Labute approximate surface area is 152 Å². The van der Waals surface area contributed by atoms with Crippen LogP contribution in [0, 0.1) is 19.8 Å². The molecule has 1 rings (SSSR count).